The molecule has 2 aromatic rings. The van der Waals surface area contributed by atoms with Crippen LogP contribution in [0.3, 0.4) is 0 Å². The molecular weight excluding hydrogens is 254 g/mol. The Kier molecular flexibility index (Phi) is 3.84. The second-order valence-corrected chi connectivity index (χ2v) is 4.66. The van der Waals surface area contributed by atoms with Crippen LogP contribution in [0, 0.1) is 13.8 Å². The van der Waals surface area contributed by atoms with E-state index in [9.17, 15) is 0 Å². The molecule has 3 N–H and O–H groups in total. The number of amidine groups is 1. The van der Waals surface area contributed by atoms with Gasteiger partial charge in [-0.15, -0.1) is 5.10 Å². The van der Waals surface area contributed by atoms with E-state index in [2.05, 4.69) is 21.4 Å². The minimum Gasteiger partial charge on any atom is -0.409 e. The van der Waals surface area contributed by atoms with Crippen molar-refractivity contribution < 1.29 is 5.21 Å². The van der Waals surface area contributed by atoms with Gasteiger partial charge < -0.3 is 15.8 Å². The first-order chi connectivity index (χ1) is 9.52. The van der Waals surface area contributed by atoms with Crippen LogP contribution in [0.25, 0.3) is 0 Å². The summed E-state index contributed by atoms with van der Waals surface area (Å²) in [6.07, 6.45) is 1.51. The van der Waals surface area contributed by atoms with Crippen LogP contribution in [0.4, 0.5) is 11.5 Å². The molecule has 1 aromatic heterocycles. The summed E-state index contributed by atoms with van der Waals surface area (Å²) >= 11 is 0. The first-order valence-electron chi connectivity index (χ1n) is 6.14. The van der Waals surface area contributed by atoms with Crippen molar-refractivity contribution in [1.82, 2.24) is 10.2 Å². The molecule has 104 valence electrons. The molecule has 0 saturated heterocycles. The minimum absolute atomic E-state index is 0.00567. The van der Waals surface area contributed by atoms with Gasteiger partial charge in [0, 0.05) is 12.7 Å². The SMILES string of the molecule is Cc1cc(C)cc(N(C)c2nnccc2/C(N)=N/O)c1. The minimum atomic E-state index is 0.00567. The van der Waals surface area contributed by atoms with E-state index in [1.54, 1.807) is 6.07 Å². The first-order valence-corrected chi connectivity index (χ1v) is 6.14. The molecule has 0 spiro atoms. The van der Waals surface area contributed by atoms with Crippen LogP contribution in [0.15, 0.2) is 35.6 Å². The number of aryl methyl sites for hydroxylation is 2. The largest absolute Gasteiger partial charge is 0.409 e. The summed E-state index contributed by atoms with van der Waals surface area (Å²) in [4.78, 5) is 1.86. The smallest absolute Gasteiger partial charge is 0.173 e. The van der Waals surface area contributed by atoms with E-state index < -0.39 is 0 Å². The van der Waals surface area contributed by atoms with Gasteiger partial charge in [0.25, 0.3) is 0 Å². The molecule has 20 heavy (non-hydrogen) atoms. The highest BCUT2D eigenvalue weighted by Gasteiger charge is 2.14. The fourth-order valence-corrected chi connectivity index (χ4v) is 2.09. The van der Waals surface area contributed by atoms with E-state index in [-0.39, 0.29) is 5.84 Å². The van der Waals surface area contributed by atoms with Crippen molar-refractivity contribution in [3.05, 3.63) is 47.2 Å². The third-order valence-electron chi connectivity index (χ3n) is 3.00. The lowest BCUT2D eigenvalue weighted by atomic mass is 10.1. The zero-order valence-electron chi connectivity index (χ0n) is 11.7. The number of oxime groups is 1. The zero-order chi connectivity index (χ0) is 14.7. The average Bonchev–Trinajstić information content (AvgIpc) is 2.44. The van der Waals surface area contributed by atoms with Gasteiger partial charge >= 0.3 is 0 Å². The van der Waals surface area contributed by atoms with E-state index in [0.29, 0.717) is 11.4 Å². The molecule has 0 bridgehead atoms. The summed E-state index contributed by atoms with van der Waals surface area (Å²) in [5.74, 6) is 0.541. The molecule has 1 heterocycles. The Morgan fingerprint density at radius 3 is 2.50 bits per heavy atom. The molecule has 0 aliphatic heterocycles. The lowest BCUT2D eigenvalue weighted by molar-refractivity contribution is 0.318. The van der Waals surface area contributed by atoms with Gasteiger partial charge in [0.15, 0.2) is 11.7 Å². The normalized spacial score (nSPS) is 11.4. The predicted octanol–water partition coefficient (Wildman–Crippen LogP) is 1.96. The average molecular weight is 271 g/mol. The maximum atomic E-state index is 8.85. The summed E-state index contributed by atoms with van der Waals surface area (Å²) in [7, 11) is 1.87. The van der Waals surface area contributed by atoms with Crippen molar-refractivity contribution in [3.8, 4) is 0 Å². The van der Waals surface area contributed by atoms with E-state index in [0.717, 1.165) is 16.8 Å². The van der Waals surface area contributed by atoms with Gasteiger partial charge in [0.2, 0.25) is 0 Å². The second-order valence-electron chi connectivity index (χ2n) is 4.66. The van der Waals surface area contributed by atoms with Gasteiger partial charge in [-0.3, -0.25) is 0 Å². The van der Waals surface area contributed by atoms with Gasteiger partial charge in [0.05, 0.1) is 11.8 Å². The summed E-state index contributed by atoms with van der Waals surface area (Å²) in [6, 6.07) is 7.84. The van der Waals surface area contributed by atoms with Crippen molar-refractivity contribution in [1.29, 1.82) is 0 Å². The Labute approximate surface area is 117 Å². The third-order valence-corrected chi connectivity index (χ3v) is 3.00. The molecule has 2 rings (SSSR count). The summed E-state index contributed by atoms with van der Waals surface area (Å²) < 4.78 is 0. The molecule has 0 aliphatic rings. The Morgan fingerprint density at radius 1 is 1.25 bits per heavy atom. The fourth-order valence-electron chi connectivity index (χ4n) is 2.09. The lowest BCUT2D eigenvalue weighted by Gasteiger charge is -2.21. The van der Waals surface area contributed by atoms with Crippen LogP contribution in [-0.4, -0.2) is 28.3 Å². The van der Waals surface area contributed by atoms with Crippen LogP contribution in [0.5, 0.6) is 0 Å². The van der Waals surface area contributed by atoms with Crippen molar-refractivity contribution in [3.63, 3.8) is 0 Å². The predicted molar refractivity (Wildman–Crippen MR) is 78.5 cm³/mol. The number of rotatable bonds is 3. The van der Waals surface area contributed by atoms with Gasteiger partial charge in [0.1, 0.15) is 0 Å². The van der Waals surface area contributed by atoms with Gasteiger partial charge in [-0.2, -0.15) is 5.10 Å². The van der Waals surface area contributed by atoms with Crippen LogP contribution >= 0.6 is 0 Å². The number of nitrogens with zero attached hydrogens (tertiary/aromatic N) is 4. The number of aromatic nitrogens is 2. The van der Waals surface area contributed by atoms with Crippen molar-refractivity contribution in [2.24, 2.45) is 10.9 Å². The lowest BCUT2D eigenvalue weighted by Crippen LogP contribution is -2.21. The first kappa shape index (κ1) is 13.8. The van der Waals surface area contributed by atoms with Crippen LogP contribution in [0.1, 0.15) is 16.7 Å². The Morgan fingerprint density at radius 2 is 1.90 bits per heavy atom. The molecule has 0 fully saturated rings. The maximum Gasteiger partial charge on any atom is 0.173 e. The third kappa shape index (κ3) is 2.69. The van der Waals surface area contributed by atoms with Crippen LogP contribution in [0.2, 0.25) is 0 Å². The fraction of sp³-hybridized carbons (Fsp3) is 0.214. The monoisotopic (exact) mass is 271 g/mol. The second kappa shape index (κ2) is 5.56. The molecule has 0 atom stereocenters. The van der Waals surface area contributed by atoms with Crippen molar-refractivity contribution in [2.45, 2.75) is 13.8 Å². The van der Waals surface area contributed by atoms with E-state index in [1.165, 1.54) is 6.20 Å². The maximum absolute atomic E-state index is 8.85. The molecule has 0 unspecified atom stereocenters. The highest BCUT2D eigenvalue weighted by atomic mass is 16.4. The number of anilines is 2. The van der Waals surface area contributed by atoms with Crippen LogP contribution in [-0.2, 0) is 0 Å². The van der Waals surface area contributed by atoms with E-state index in [1.807, 2.05) is 37.9 Å². The highest BCUT2D eigenvalue weighted by Crippen LogP contribution is 2.26. The van der Waals surface area contributed by atoms with Gasteiger partial charge in [-0.25, -0.2) is 0 Å². The van der Waals surface area contributed by atoms with Gasteiger partial charge in [-0.1, -0.05) is 11.2 Å². The molecule has 6 heteroatoms. The van der Waals surface area contributed by atoms with E-state index >= 15 is 0 Å². The Hall–Kier alpha value is -2.63. The summed E-state index contributed by atoms with van der Waals surface area (Å²) in [5, 5.41) is 19.8. The zero-order valence-corrected chi connectivity index (χ0v) is 11.7. The number of hydrogen-bond donors (Lipinski definition) is 2. The molecule has 1 aromatic carbocycles. The molecular formula is C14H17N5O. The molecule has 0 amide bonds. The molecule has 6 nitrogen and oxygen atoms in total. The number of hydrogen-bond acceptors (Lipinski definition) is 5. The molecule has 0 saturated carbocycles. The highest BCUT2D eigenvalue weighted by molar-refractivity contribution is 6.01. The Bertz CT molecular complexity index is 634. The quantitative estimate of drug-likeness (QED) is 0.385. The van der Waals surface area contributed by atoms with Crippen molar-refractivity contribution in [2.75, 3.05) is 11.9 Å². The van der Waals surface area contributed by atoms with Crippen molar-refractivity contribution >= 4 is 17.3 Å². The Balaban J connectivity index is 2.51. The molecule has 0 radical (unpaired) electrons. The van der Waals surface area contributed by atoms with E-state index in [4.69, 9.17) is 10.9 Å². The number of benzene rings is 1. The van der Waals surface area contributed by atoms with Crippen LogP contribution < -0.4 is 10.6 Å². The summed E-state index contributed by atoms with van der Waals surface area (Å²) in [5.41, 5.74) is 9.48. The topological polar surface area (TPSA) is 87.6 Å². The van der Waals surface area contributed by atoms with Gasteiger partial charge in [-0.05, 0) is 43.2 Å². The standard InChI is InChI=1S/C14H17N5O/c1-9-6-10(2)8-11(7-9)19(3)14-12(13(15)18-20)4-5-16-17-14/h4-8,20H,1-3H3,(H2,15,18). The summed E-state index contributed by atoms with van der Waals surface area (Å²) in [6.45, 7) is 4.07. The number of nitrogens with two attached hydrogens (primary N) is 1. The molecule has 0 aliphatic carbocycles.